The van der Waals surface area contributed by atoms with E-state index >= 15 is 0 Å². The summed E-state index contributed by atoms with van der Waals surface area (Å²) in [5.41, 5.74) is 6.73. The summed E-state index contributed by atoms with van der Waals surface area (Å²) in [6.07, 6.45) is -0.644. The number of oxime groups is 1. The fourth-order valence-electron chi connectivity index (χ4n) is 3.48. The van der Waals surface area contributed by atoms with E-state index in [1.807, 2.05) is 26.0 Å². The van der Waals surface area contributed by atoms with Crippen LogP contribution in [0.1, 0.15) is 29.5 Å². The molecule has 1 heterocycles. The van der Waals surface area contributed by atoms with Crippen LogP contribution in [0.2, 0.25) is 0 Å². The van der Waals surface area contributed by atoms with Crippen LogP contribution in [0.4, 0.5) is 5.69 Å². The van der Waals surface area contributed by atoms with E-state index < -0.39 is 29.8 Å². The molecule has 0 bridgehead atoms. The number of benzene rings is 2. The van der Waals surface area contributed by atoms with Crippen molar-refractivity contribution < 1.29 is 33.8 Å². The van der Waals surface area contributed by atoms with Crippen molar-refractivity contribution in [3.63, 3.8) is 0 Å². The van der Waals surface area contributed by atoms with Gasteiger partial charge in [0.25, 0.3) is 11.8 Å². The van der Waals surface area contributed by atoms with Crippen molar-refractivity contribution in [1.82, 2.24) is 0 Å². The van der Waals surface area contributed by atoms with E-state index in [1.165, 1.54) is 7.11 Å². The number of rotatable bonds is 9. The smallest absolute Gasteiger partial charge is 0.308 e. The van der Waals surface area contributed by atoms with Crippen molar-refractivity contribution in [3.05, 3.63) is 53.1 Å². The number of aliphatic carboxylic acids is 1. The minimum absolute atomic E-state index is 0.0688. The largest absolute Gasteiger partial charge is 0.493 e. The van der Waals surface area contributed by atoms with Gasteiger partial charge >= 0.3 is 5.97 Å². The molecule has 0 fully saturated rings. The number of methoxy groups -OCH3 is 1. The molecule has 0 unspecified atom stereocenters. The van der Waals surface area contributed by atoms with E-state index in [4.69, 9.17) is 20.0 Å². The van der Waals surface area contributed by atoms with Gasteiger partial charge in [-0.3, -0.25) is 14.4 Å². The lowest BCUT2D eigenvalue weighted by Gasteiger charge is -2.24. The van der Waals surface area contributed by atoms with Gasteiger partial charge in [0.2, 0.25) is 5.60 Å². The third kappa shape index (κ3) is 5.40. The molecular weight excluding hydrogens is 430 g/mol. The van der Waals surface area contributed by atoms with Crippen LogP contribution in [0, 0.1) is 13.8 Å². The SMILES string of the molecule is COc1cc(C2=NO[C@@](CC(=O)O)(C(=O)Nc3ccc(C)cc3C)C2)ccc1OCC(N)=O. The maximum absolute atomic E-state index is 13.2. The number of nitrogens with zero attached hydrogens (tertiary/aromatic N) is 1. The summed E-state index contributed by atoms with van der Waals surface area (Å²) in [7, 11) is 1.43. The minimum Gasteiger partial charge on any atom is -0.493 e. The third-order valence-corrected chi connectivity index (χ3v) is 5.13. The molecule has 0 saturated carbocycles. The fourth-order valence-corrected chi connectivity index (χ4v) is 3.48. The average molecular weight is 455 g/mol. The second-order valence-corrected chi connectivity index (χ2v) is 7.76. The van der Waals surface area contributed by atoms with Gasteiger partial charge in [-0.2, -0.15) is 0 Å². The number of carboxylic acids is 1. The van der Waals surface area contributed by atoms with Gasteiger partial charge in [0, 0.05) is 17.7 Å². The summed E-state index contributed by atoms with van der Waals surface area (Å²) in [5, 5.41) is 16.2. The Labute approximate surface area is 190 Å². The highest BCUT2D eigenvalue weighted by atomic mass is 16.7. The predicted molar refractivity (Wildman–Crippen MR) is 119 cm³/mol. The Morgan fingerprint density at radius 2 is 1.94 bits per heavy atom. The summed E-state index contributed by atoms with van der Waals surface area (Å²) >= 11 is 0. The van der Waals surface area contributed by atoms with Crippen molar-refractivity contribution in [2.24, 2.45) is 10.9 Å². The Morgan fingerprint density at radius 3 is 2.58 bits per heavy atom. The predicted octanol–water partition coefficient (Wildman–Crippen LogP) is 2.15. The maximum atomic E-state index is 13.2. The van der Waals surface area contributed by atoms with Gasteiger partial charge in [-0.05, 0) is 43.7 Å². The highest BCUT2D eigenvalue weighted by Gasteiger charge is 2.49. The van der Waals surface area contributed by atoms with Crippen LogP contribution >= 0.6 is 0 Å². The van der Waals surface area contributed by atoms with E-state index in [0.717, 1.165) is 11.1 Å². The van der Waals surface area contributed by atoms with Crippen molar-refractivity contribution in [1.29, 1.82) is 0 Å². The topological polar surface area (TPSA) is 150 Å². The standard InChI is InChI=1S/C23H25N3O7/c1-13-4-6-16(14(2)8-13)25-22(30)23(11-21(28)29)10-17(26-33-23)15-5-7-18(19(9-15)31-3)32-12-20(24)27/h4-9H,10-12H2,1-3H3,(H2,24,27)(H,25,30)(H,28,29)/t23-/m0/s1. The van der Waals surface area contributed by atoms with Gasteiger partial charge in [-0.15, -0.1) is 0 Å². The Hall–Kier alpha value is -4.08. The number of amides is 2. The maximum Gasteiger partial charge on any atom is 0.308 e. The van der Waals surface area contributed by atoms with Crippen LogP contribution in [0.5, 0.6) is 11.5 Å². The molecule has 2 amide bonds. The Morgan fingerprint density at radius 1 is 1.18 bits per heavy atom. The molecule has 2 aromatic carbocycles. The Bertz CT molecular complexity index is 1130. The molecular formula is C23H25N3O7. The molecule has 4 N–H and O–H groups in total. The van der Waals surface area contributed by atoms with Crippen LogP contribution in [-0.2, 0) is 19.2 Å². The number of carbonyl (C=O) groups excluding carboxylic acids is 2. The molecule has 174 valence electrons. The Kier molecular flexibility index (Phi) is 6.86. The molecule has 10 nitrogen and oxygen atoms in total. The van der Waals surface area contributed by atoms with Gasteiger partial charge in [-0.1, -0.05) is 22.9 Å². The highest BCUT2D eigenvalue weighted by molar-refractivity contribution is 6.09. The molecule has 1 aliphatic rings. The normalized spacial score (nSPS) is 17.0. The number of carboxylic acid groups (broad SMARTS) is 1. The molecule has 2 aromatic rings. The number of hydrogen-bond donors (Lipinski definition) is 3. The first-order valence-corrected chi connectivity index (χ1v) is 10.1. The van der Waals surface area contributed by atoms with Gasteiger partial charge in [0.15, 0.2) is 18.1 Å². The molecule has 0 spiro atoms. The molecule has 33 heavy (non-hydrogen) atoms. The number of anilines is 1. The number of aryl methyl sites for hydroxylation is 2. The zero-order chi connectivity index (χ0) is 24.2. The second kappa shape index (κ2) is 9.60. The quantitative estimate of drug-likeness (QED) is 0.524. The third-order valence-electron chi connectivity index (χ3n) is 5.13. The molecule has 0 aliphatic carbocycles. The van der Waals surface area contributed by atoms with Gasteiger partial charge < -0.3 is 30.5 Å². The Balaban J connectivity index is 1.84. The first-order valence-electron chi connectivity index (χ1n) is 10.1. The lowest BCUT2D eigenvalue weighted by molar-refractivity contribution is -0.152. The second-order valence-electron chi connectivity index (χ2n) is 7.76. The average Bonchev–Trinajstić information content (AvgIpc) is 3.18. The number of nitrogens with one attached hydrogen (secondary N) is 1. The zero-order valence-corrected chi connectivity index (χ0v) is 18.5. The van der Waals surface area contributed by atoms with Crippen LogP contribution in [0.25, 0.3) is 0 Å². The minimum atomic E-state index is -1.72. The van der Waals surface area contributed by atoms with Crippen molar-refractivity contribution in [2.75, 3.05) is 19.0 Å². The first-order chi connectivity index (χ1) is 15.6. The van der Waals surface area contributed by atoms with E-state index in [2.05, 4.69) is 10.5 Å². The lowest BCUT2D eigenvalue weighted by Crippen LogP contribution is -2.45. The molecule has 0 radical (unpaired) electrons. The summed E-state index contributed by atoms with van der Waals surface area (Å²) in [4.78, 5) is 41.1. The molecule has 0 aromatic heterocycles. The van der Waals surface area contributed by atoms with Crippen molar-refractivity contribution in [3.8, 4) is 11.5 Å². The van der Waals surface area contributed by atoms with Crippen molar-refractivity contribution >= 4 is 29.2 Å². The monoisotopic (exact) mass is 455 g/mol. The van der Waals surface area contributed by atoms with Crippen LogP contribution < -0.4 is 20.5 Å². The summed E-state index contributed by atoms with van der Waals surface area (Å²) < 4.78 is 10.6. The van der Waals surface area contributed by atoms with Crippen LogP contribution in [-0.4, -0.2) is 47.9 Å². The highest BCUT2D eigenvalue weighted by Crippen LogP contribution is 2.35. The number of ether oxygens (including phenoxy) is 2. The molecule has 3 rings (SSSR count). The van der Waals surface area contributed by atoms with E-state index in [0.29, 0.717) is 28.5 Å². The molecule has 1 aliphatic heterocycles. The first kappa shape index (κ1) is 23.6. The van der Waals surface area contributed by atoms with Crippen LogP contribution in [0.15, 0.2) is 41.6 Å². The molecule has 0 saturated heterocycles. The summed E-state index contributed by atoms with van der Waals surface area (Å²) in [5.74, 6) is -1.84. The zero-order valence-electron chi connectivity index (χ0n) is 18.5. The van der Waals surface area contributed by atoms with Gasteiger partial charge in [-0.25, -0.2) is 0 Å². The summed E-state index contributed by atoms with van der Waals surface area (Å²) in [6.45, 7) is 3.46. The van der Waals surface area contributed by atoms with E-state index in [9.17, 15) is 19.5 Å². The number of carbonyl (C=O) groups is 3. The van der Waals surface area contributed by atoms with E-state index in [1.54, 1.807) is 24.3 Å². The van der Waals surface area contributed by atoms with E-state index in [-0.39, 0.29) is 13.0 Å². The van der Waals surface area contributed by atoms with Gasteiger partial charge in [0.1, 0.15) is 0 Å². The lowest BCUT2D eigenvalue weighted by atomic mass is 9.89. The fraction of sp³-hybridized carbons (Fsp3) is 0.304. The number of nitrogens with two attached hydrogens (primary N) is 1. The summed E-state index contributed by atoms with van der Waals surface area (Å²) in [6, 6.07) is 10.3. The van der Waals surface area contributed by atoms with Crippen molar-refractivity contribution in [2.45, 2.75) is 32.3 Å². The molecule has 1 atom stereocenters. The number of hydrogen-bond acceptors (Lipinski definition) is 7. The molecule has 10 heteroatoms. The van der Waals surface area contributed by atoms with Crippen LogP contribution in [0.3, 0.4) is 0 Å². The number of primary amides is 1. The van der Waals surface area contributed by atoms with Gasteiger partial charge in [0.05, 0.1) is 19.2 Å².